The van der Waals surface area contributed by atoms with Crippen LogP contribution in [0.5, 0.6) is 5.75 Å². The second-order valence-electron chi connectivity index (χ2n) is 4.06. The van der Waals surface area contributed by atoms with Crippen LogP contribution < -0.4 is 10.1 Å². The lowest BCUT2D eigenvalue weighted by Crippen LogP contribution is -2.28. The molecule has 0 radical (unpaired) electrons. The van der Waals surface area contributed by atoms with Crippen LogP contribution in [0.2, 0.25) is 0 Å². The summed E-state index contributed by atoms with van der Waals surface area (Å²) in [6.45, 7) is 3.56. The molecule has 0 saturated carbocycles. The van der Waals surface area contributed by atoms with Crippen molar-refractivity contribution in [3.05, 3.63) is 29.3 Å². The van der Waals surface area contributed by atoms with Crippen LogP contribution in [0.1, 0.15) is 30.6 Å². The van der Waals surface area contributed by atoms with Crippen molar-refractivity contribution in [3.8, 4) is 5.75 Å². The number of carbonyl (C=O) groups excluding carboxylic acids is 1. The summed E-state index contributed by atoms with van der Waals surface area (Å²) in [6, 6.07) is 2.12. The van der Waals surface area contributed by atoms with Gasteiger partial charge in [-0.25, -0.2) is 8.78 Å². The average molecular weight is 273 g/mol. The predicted octanol–water partition coefficient (Wildman–Crippen LogP) is 1.86. The number of hydrogen-bond acceptors (Lipinski definition) is 3. The number of halogens is 2. The normalized spacial score (nSPS) is 12.1. The minimum Gasteiger partial charge on any atom is -0.491 e. The van der Waals surface area contributed by atoms with Crippen molar-refractivity contribution in [2.75, 3.05) is 13.2 Å². The third kappa shape index (κ3) is 4.17. The maximum atomic E-state index is 13.9. The number of aliphatic hydroxyl groups is 1. The van der Waals surface area contributed by atoms with Crippen molar-refractivity contribution < 1.29 is 23.4 Å². The second kappa shape index (κ2) is 7.04. The molecular formula is C13H17F2NO3. The first kappa shape index (κ1) is 15.4. The van der Waals surface area contributed by atoms with Crippen LogP contribution >= 0.6 is 0 Å². The molecule has 1 amide bonds. The molecule has 0 aliphatic carbocycles. The SMILES string of the molecule is CCOc1ccc(F)c(C(=O)NCCC(C)O)c1F. The Hall–Kier alpha value is -1.69. The summed E-state index contributed by atoms with van der Waals surface area (Å²) in [7, 11) is 0. The van der Waals surface area contributed by atoms with Gasteiger partial charge in [0.25, 0.3) is 5.91 Å². The highest BCUT2D eigenvalue weighted by Crippen LogP contribution is 2.23. The molecule has 0 saturated heterocycles. The Bertz CT molecular complexity index is 450. The molecular weight excluding hydrogens is 256 g/mol. The van der Waals surface area contributed by atoms with Crippen LogP contribution in [-0.4, -0.2) is 30.3 Å². The van der Waals surface area contributed by atoms with E-state index in [9.17, 15) is 13.6 Å². The van der Waals surface area contributed by atoms with Gasteiger partial charge >= 0.3 is 0 Å². The van der Waals surface area contributed by atoms with Gasteiger partial charge in [0.1, 0.15) is 11.4 Å². The molecule has 1 aromatic rings. The van der Waals surface area contributed by atoms with Crippen molar-refractivity contribution in [2.45, 2.75) is 26.4 Å². The Kier molecular flexibility index (Phi) is 5.69. The summed E-state index contributed by atoms with van der Waals surface area (Å²) in [4.78, 5) is 11.7. The molecule has 0 bridgehead atoms. The van der Waals surface area contributed by atoms with Crippen LogP contribution in [0.4, 0.5) is 8.78 Å². The maximum Gasteiger partial charge on any atom is 0.257 e. The van der Waals surface area contributed by atoms with Crippen molar-refractivity contribution in [3.63, 3.8) is 0 Å². The fourth-order valence-electron chi connectivity index (χ4n) is 1.49. The lowest BCUT2D eigenvalue weighted by molar-refractivity contribution is 0.0936. The van der Waals surface area contributed by atoms with E-state index in [1.165, 1.54) is 0 Å². The summed E-state index contributed by atoms with van der Waals surface area (Å²) < 4.78 is 32.3. The van der Waals surface area contributed by atoms with E-state index in [0.717, 1.165) is 12.1 Å². The van der Waals surface area contributed by atoms with Crippen molar-refractivity contribution in [2.24, 2.45) is 0 Å². The maximum absolute atomic E-state index is 13.9. The number of carbonyl (C=O) groups is 1. The predicted molar refractivity (Wildman–Crippen MR) is 66.2 cm³/mol. The Morgan fingerprint density at radius 3 is 2.74 bits per heavy atom. The Morgan fingerprint density at radius 2 is 2.16 bits per heavy atom. The number of ether oxygens (including phenoxy) is 1. The molecule has 0 aliphatic heterocycles. The Morgan fingerprint density at radius 1 is 1.47 bits per heavy atom. The number of rotatable bonds is 6. The van der Waals surface area contributed by atoms with Gasteiger partial charge in [-0.2, -0.15) is 0 Å². The van der Waals surface area contributed by atoms with Gasteiger partial charge in [0, 0.05) is 6.54 Å². The molecule has 1 aromatic carbocycles. The number of nitrogens with one attached hydrogen (secondary N) is 1. The van der Waals surface area contributed by atoms with Gasteiger partial charge in [0.05, 0.1) is 12.7 Å². The highest BCUT2D eigenvalue weighted by Gasteiger charge is 2.21. The second-order valence-corrected chi connectivity index (χ2v) is 4.06. The van der Waals surface area contributed by atoms with Gasteiger partial charge < -0.3 is 15.2 Å². The molecule has 0 aliphatic rings. The molecule has 106 valence electrons. The zero-order chi connectivity index (χ0) is 14.4. The molecule has 4 nitrogen and oxygen atoms in total. The lowest BCUT2D eigenvalue weighted by atomic mass is 10.1. The van der Waals surface area contributed by atoms with Crippen LogP contribution in [0.15, 0.2) is 12.1 Å². The van der Waals surface area contributed by atoms with Crippen molar-refractivity contribution in [1.82, 2.24) is 5.32 Å². The largest absolute Gasteiger partial charge is 0.491 e. The number of aliphatic hydroxyl groups excluding tert-OH is 1. The zero-order valence-corrected chi connectivity index (χ0v) is 10.9. The van der Waals surface area contributed by atoms with Gasteiger partial charge in [0.2, 0.25) is 0 Å². The molecule has 0 heterocycles. The third-order valence-corrected chi connectivity index (χ3v) is 2.43. The smallest absolute Gasteiger partial charge is 0.257 e. The highest BCUT2D eigenvalue weighted by molar-refractivity contribution is 5.95. The van der Waals surface area contributed by atoms with E-state index in [4.69, 9.17) is 9.84 Å². The van der Waals surface area contributed by atoms with Gasteiger partial charge in [-0.15, -0.1) is 0 Å². The fraction of sp³-hybridized carbons (Fsp3) is 0.462. The van der Waals surface area contributed by atoms with Crippen molar-refractivity contribution >= 4 is 5.91 Å². The number of hydrogen-bond donors (Lipinski definition) is 2. The molecule has 6 heteroatoms. The summed E-state index contributed by atoms with van der Waals surface area (Å²) in [6.07, 6.45) is -0.287. The third-order valence-electron chi connectivity index (χ3n) is 2.43. The monoisotopic (exact) mass is 273 g/mol. The average Bonchev–Trinajstić information content (AvgIpc) is 2.32. The van der Waals surface area contributed by atoms with E-state index < -0.39 is 29.2 Å². The molecule has 0 aromatic heterocycles. The first-order valence-corrected chi connectivity index (χ1v) is 6.04. The summed E-state index contributed by atoms with van der Waals surface area (Å²) >= 11 is 0. The molecule has 1 rings (SSSR count). The van der Waals surface area contributed by atoms with Gasteiger partial charge in [0.15, 0.2) is 11.6 Å². The lowest BCUT2D eigenvalue weighted by Gasteiger charge is -2.11. The standard InChI is InChI=1S/C13H17F2NO3/c1-3-19-10-5-4-9(14)11(12(10)15)13(18)16-7-6-8(2)17/h4-5,8,17H,3,6-7H2,1-2H3,(H,16,18). The molecule has 1 atom stereocenters. The molecule has 1 unspecified atom stereocenters. The fourth-order valence-corrected chi connectivity index (χ4v) is 1.49. The van der Waals surface area contributed by atoms with Crippen LogP contribution in [-0.2, 0) is 0 Å². The molecule has 2 N–H and O–H groups in total. The molecule has 0 spiro atoms. The summed E-state index contributed by atoms with van der Waals surface area (Å²) in [5.74, 6) is -2.99. The van der Waals surface area contributed by atoms with E-state index in [1.54, 1.807) is 13.8 Å². The van der Waals surface area contributed by atoms with Crippen LogP contribution in [0, 0.1) is 11.6 Å². The first-order valence-electron chi connectivity index (χ1n) is 6.04. The van der Waals surface area contributed by atoms with E-state index in [-0.39, 0.29) is 18.9 Å². The minimum atomic E-state index is -1.02. The van der Waals surface area contributed by atoms with Gasteiger partial charge in [-0.05, 0) is 32.4 Å². The Balaban J connectivity index is 2.86. The zero-order valence-electron chi connectivity index (χ0n) is 10.9. The summed E-state index contributed by atoms with van der Waals surface area (Å²) in [5, 5.41) is 11.4. The van der Waals surface area contributed by atoms with Crippen LogP contribution in [0.3, 0.4) is 0 Å². The van der Waals surface area contributed by atoms with Gasteiger partial charge in [-0.1, -0.05) is 0 Å². The number of benzene rings is 1. The minimum absolute atomic E-state index is 0.133. The van der Waals surface area contributed by atoms with Crippen molar-refractivity contribution in [1.29, 1.82) is 0 Å². The quantitative estimate of drug-likeness (QED) is 0.831. The van der Waals surface area contributed by atoms with Crippen LogP contribution in [0.25, 0.3) is 0 Å². The van der Waals surface area contributed by atoms with E-state index in [0.29, 0.717) is 6.42 Å². The van der Waals surface area contributed by atoms with E-state index in [2.05, 4.69) is 5.32 Å². The number of amides is 1. The topological polar surface area (TPSA) is 58.6 Å². The first-order chi connectivity index (χ1) is 8.97. The van der Waals surface area contributed by atoms with E-state index in [1.807, 2.05) is 0 Å². The molecule has 19 heavy (non-hydrogen) atoms. The Labute approximate surface area is 110 Å². The molecule has 0 fully saturated rings. The van der Waals surface area contributed by atoms with E-state index >= 15 is 0 Å². The highest BCUT2D eigenvalue weighted by atomic mass is 19.1. The van der Waals surface area contributed by atoms with Gasteiger partial charge in [-0.3, -0.25) is 4.79 Å². The summed E-state index contributed by atoms with van der Waals surface area (Å²) in [5.41, 5.74) is -0.670.